The van der Waals surface area contributed by atoms with Gasteiger partial charge in [0, 0.05) is 39.3 Å². The first-order valence-corrected chi connectivity index (χ1v) is 11.7. The predicted octanol–water partition coefficient (Wildman–Crippen LogP) is 5.02. The molecule has 31 heavy (non-hydrogen) atoms. The number of nitrogens with zero attached hydrogens (tertiary/aromatic N) is 3. The van der Waals surface area contributed by atoms with E-state index in [2.05, 4.69) is 82.4 Å². The SMILES string of the molecule is Cc1cccc(CN2CCN(C(=O)c3cc4sccc4n3Cc3ccccc3)CC2)c1. The number of hydrogen-bond donors (Lipinski definition) is 0. The van der Waals surface area contributed by atoms with Crippen LogP contribution >= 0.6 is 11.3 Å². The number of benzene rings is 2. The van der Waals surface area contributed by atoms with Gasteiger partial charge in [0.2, 0.25) is 0 Å². The molecule has 5 heteroatoms. The third kappa shape index (κ3) is 4.29. The van der Waals surface area contributed by atoms with Crippen molar-refractivity contribution in [2.24, 2.45) is 0 Å². The van der Waals surface area contributed by atoms with E-state index in [1.807, 2.05) is 11.0 Å². The van der Waals surface area contributed by atoms with E-state index >= 15 is 0 Å². The summed E-state index contributed by atoms with van der Waals surface area (Å²) >= 11 is 1.70. The summed E-state index contributed by atoms with van der Waals surface area (Å²) in [4.78, 5) is 17.9. The Labute approximate surface area is 187 Å². The number of piperazine rings is 1. The third-order valence-corrected chi connectivity index (χ3v) is 6.93. The topological polar surface area (TPSA) is 28.5 Å². The molecule has 0 N–H and O–H groups in total. The van der Waals surface area contributed by atoms with Gasteiger partial charge in [0.1, 0.15) is 5.69 Å². The van der Waals surface area contributed by atoms with Crippen LogP contribution < -0.4 is 0 Å². The quantitative estimate of drug-likeness (QED) is 0.446. The maximum absolute atomic E-state index is 13.5. The van der Waals surface area contributed by atoms with Crippen molar-refractivity contribution >= 4 is 27.5 Å². The zero-order valence-corrected chi connectivity index (χ0v) is 18.6. The first kappa shape index (κ1) is 20.0. The highest BCUT2D eigenvalue weighted by atomic mass is 32.1. The Morgan fingerprint density at radius 2 is 1.65 bits per heavy atom. The van der Waals surface area contributed by atoms with E-state index in [0.29, 0.717) is 0 Å². The lowest BCUT2D eigenvalue weighted by Gasteiger charge is -2.35. The van der Waals surface area contributed by atoms with Gasteiger partial charge in [0.25, 0.3) is 5.91 Å². The minimum absolute atomic E-state index is 0.148. The summed E-state index contributed by atoms with van der Waals surface area (Å²) in [5, 5.41) is 2.10. The van der Waals surface area contributed by atoms with Crippen LogP contribution in [-0.4, -0.2) is 46.5 Å². The van der Waals surface area contributed by atoms with Crippen molar-refractivity contribution in [1.29, 1.82) is 0 Å². The number of hydrogen-bond acceptors (Lipinski definition) is 3. The van der Waals surface area contributed by atoms with E-state index < -0.39 is 0 Å². The van der Waals surface area contributed by atoms with Gasteiger partial charge in [-0.1, -0.05) is 60.2 Å². The molecule has 3 heterocycles. The van der Waals surface area contributed by atoms with Gasteiger partial charge in [-0.05, 0) is 35.6 Å². The molecule has 1 aliphatic rings. The molecule has 4 aromatic rings. The minimum atomic E-state index is 0.148. The Balaban J connectivity index is 1.30. The highest BCUT2D eigenvalue weighted by Gasteiger charge is 2.25. The van der Waals surface area contributed by atoms with Gasteiger partial charge in [-0.15, -0.1) is 11.3 Å². The molecule has 4 nitrogen and oxygen atoms in total. The van der Waals surface area contributed by atoms with Gasteiger partial charge < -0.3 is 9.47 Å². The van der Waals surface area contributed by atoms with E-state index in [1.54, 1.807) is 11.3 Å². The molecule has 0 atom stereocenters. The molecule has 0 radical (unpaired) electrons. The number of carbonyl (C=O) groups is 1. The number of amides is 1. The van der Waals surface area contributed by atoms with Gasteiger partial charge >= 0.3 is 0 Å². The third-order valence-electron chi connectivity index (χ3n) is 6.07. The van der Waals surface area contributed by atoms with Crippen molar-refractivity contribution in [3.8, 4) is 0 Å². The van der Waals surface area contributed by atoms with Gasteiger partial charge in [-0.25, -0.2) is 0 Å². The molecular weight excluding hydrogens is 402 g/mol. The van der Waals surface area contributed by atoms with Gasteiger partial charge in [-0.2, -0.15) is 0 Å². The zero-order chi connectivity index (χ0) is 21.2. The van der Waals surface area contributed by atoms with Crippen molar-refractivity contribution in [3.63, 3.8) is 0 Å². The van der Waals surface area contributed by atoms with Crippen LogP contribution in [0.2, 0.25) is 0 Å². The average molecular weight is 430 g/mol. The van der Waals surface area contributed by atoms with Crippen LogP contribution in [0.25, 0.3) is 10.2 Å². The maximum atomic E-state index is 13.5. The molecule has 1 amide bonds. The fourth-order valence-corrected chi connectivity index (χ4v) is 5.25. The second-order valence-electron chi connectivity index (χ2n) is 8.33. The molecule has 158 valence electrons. The van der Waals surface area contributed by atoms with E-state index in [0.717, 1.165) is 50.5 Å². The number of aryl methyl sites for hydroxylation is 1. The van der Waals surface area contributed by atoms with Crippen LogP contribution in [0.4, 0.5) is 0 Å². The Hall–Kier alpha value is -2.89. The van der Waals surface area contributed by atoms with E-state index in [9.17, 15) is 4.79 Å². The molecule has 5 rings (SSSR count). The molecule has 1 fully saturated rings. The predicted molar refractivity (Wildman–Crippen MR) is 128 cm³/mol. The first-order chi connectivity index (χ1) is 15.2. The standard InChI is InChI=1S/C26H27N3OS/c1-20-6-5-9-22(16-20)18-27-11-13-28(14-12-27)26(30)24-17-25-23(10-15-31-25)29(24)19-21-7-3-2-4-8-21/h2-10,15-17H,11-14,18-19H2,1H3. The maximum Gasteiger partial charge on any atom is 0.270 e. The lowest BCUT2D eigenvalue weighted by atomic mass is 10.1. The summed E-state index contributed by atoms with van der Waals surface area (Å²) in [5.74, 6) is 0.148. The fraction of sp³-hybridized carbons (Fsp3) is 0.269. The first-order valence-electron chi connectivity index (χ1n) is 10.9. The number of fused-ring (bicyclic) bond motifs is 1. The van der Waals surface area contributed by atoms with Crippen LogP contribution in [0, 0.1) is 6.92 Å². The fourth-order valence-electron chi connectivity index (χ4n) is 4.43. The Morgan fingerprint density at radius 1 is 0.871 bits per heavy atom. The molecule has 1 saturated heterocycles. The molecule has 0 bridgehead atoms. The van der Waals surface area contributed by atoms with Crippen molar-refractivity contribution in [2.45, 2.75) is 20.0 Å². The summed E-state index contributed by atoms with van der Waals surface area (Å²) < 4.78 is 3.36. The van der Waals surface area contributed by atoms with Crippen LogP contribution in [0.15, 0.2) is 72.1 Å². The summed E-state index contributed by atoms with van der Waals surface area (Å²) in [6.45, 7) is 7.17. The highest BCUT2D eigenvalue weighted by molar-refractivity contribution is 7.17. The monoisotopic (exact) mass is 429 g/mol. The number of rotatable bonds is 5. The summed E-state index contributed by atoms with van der Waals surface area (Å²) in [5.41, 5.74) is 5.80. The van der Waals surface area contributed by atoms with Gasteiger partial charge in [-0.3, -0.25) is 9.69 Å². The van der Waals surface area contributed by atoms with E-state index in [1.165, 1.54) is 21.4 Å². The zero-order valence-electron chi connectivity index (χ0n) is 17.8. The Morgan fingerprint density at radius 3 is 2.42 bits per heavy atom. The van der Waals surface area contributed by atoms with Gasteiger partial charge in [0.15, 0.2) is 0 Å². The molecular formula is C26H27N3OS. The van der Waals surface area contributed by atoms with Crippen LogP contribution in [-0.2, 0) is 13.1 Å². The lowest BCUT2D eigenvalue weighted by Crippen LogP contribution is -2.48. The highest BCUT2D eigenvalue weighted by Crippen LogP contribution is 2.27. The second-order valence-corrected chi connectivity index (χ2v) is 9.28. The van der Waals surface area contributed by atoms with Crippen LogP contribution in [0.3, 0.4) is 0 Å². The molecule has 1 aliphatic heterocycles. The molecule has 0 spiro atoms. The number of carbonyl (C=O) groups excluding carboxylic acids is 1. The molecule has 2 aromatic carbocycles. The van der Waals surface area contributed by atoms with Crippen molar-refractivity contribution in [2.75, 3.05) is 26.2 Å². The summed E-state index contributed by atoms with van der Waals surface area (Å²) in [7, 11) is 0. The normalized spacial score (nSPS) is 14.9. The Kier molecular flexibility index (Phi) is 5.62. The van der Waals surface area contributed by atoms with Crippen molar-refractivity contribution < 1.29 is 4.79 Å². The number of thiophene rings is 1. The molecule has 0 saturated carbocycles. The molecule has 0 aliphatic carbocycles. The number of aromatic nitrogens is 1. The summed E-state index contributed by atoms with van der Waals surface area (Å²) in [6, 6.07) is 23.3. The van der Waals surface area contributed by atoms with Crippen LogP contribution in [0.5, 0.6) is 0 Å². The smallest absolute Gasteiger partial charge is 0.270 e. The minimum Gasteiger partial charge on any atom is -0.335 e. The molecule has 0 unspecified atom stereocenters. The lowest BCUT2D eigenvalue weighted by molar-refractivity contribution is 0.0619. The summed E-state index contributed by atoms with van der Waals surface area (Å²) in [6.07, 6.45) is 0. The molecule has 2 aromatic heterocycles. The van der Waals surface area contributed by atoms with E-state index in [-0.39, 0.29) is 5.91 Å². The largest absolute Gasteiger partial charge is 0.335 e. The van der Waals surface area contributed by atoms with Crippen LogP contribution in [0.1, 0.15) is 27.2 Å². The van der Waals surface area contributed by atoms with Crippen molar-refractivity contribution in [1.82, 2.24) is 14.4 Å². The second kappa shape index (κ2) is 8.69. The van der Waals surface area contributed by atoms with Gasteiger partial charge in [0.05, 0.1) is 10.2 Å². The van der Waals surface area contributed by atoms with Crippen molar-refractivity contribution in [3.05, 3.63) is 94.5 Å². The average Bonchev–Trinajstić information content (AvgIpc) is 3.37. The van der Waals surface area contributed by atoms with E-state index in [4.69, 9.17) is 0 Å². The Bertz CT molecular complexity index is 1190.